The first kappa shape index (κ1) is 30.8. The number of carbonyl (C=O) groups is 1. The third-order valence-corrected chi connectivity index (χ3v) is 3.35. The van der Waals surface area contributed by atoms with Crippen LogP contribution in [0.15, 0.2) is 42.9 Å². The van der Waals surface area contributed by atoms with Gasteiger partial charge in [-0.1, -0.05) is 18.2 Å². The molecule has 1 heterocycles. The first-order valence-corrected chi connectivity index (χ1v) is 16.8. The van der Waals surface area contributed by atoms with Crippen molar-refractivity contribution in [3.63, 3.8) is 0 Å². The van der Waals surface area contributed by atoms with Crippen molar-refractivity contribution in [1.82, 2.24) is 9.97 Å². The van der Waals surface area contributed by atoms with Crippen molar-refractivity contribution in [2.24, 2.45) is 0 Å². The number of ether oxygens (including phenoxy) is 3. The number of para-hydroxylation sites is 1. The Hall–Kier alpha value is -1.20. The maximum absolute atomic E-state index is 13.5. The number of esters is 1. The van der Waals surface area contributed by atoms with Crippen LogP contribution in [0.2, 0.25) is 0 Å². The van der Waals surface area contributed by atoms with E-state index in [1.807, 2.05) is 0 Å². The van der Waals surface area contributed by atoms with Crippen molar-refractivity contribution >= 4 is 51.5 Å². The second-order valence-electron chi connectivity index (χ2n) is 5.23. The first-order chi connectivity index (χ1) is 14.5. The molecule has 6 nitrogen and oxygen atoms in total. The van der Waals surface area contributed by atoms with E-state index in [-0.39, 0.29) is 24.3 Å². The molecule has 1 aromatic carbocycles. The molecule has 0 spiro atoms. The van der Waals surface area contributed by atoms with Gasteiger partial charge in [-0.2, -0.15) is 22.0 Å². The number of rotatable bonds is 6. The van der Waals surface area contributed by atoms with Crippen LogP contribution in [-0.2, 0) is 29.7 Å². The van der Waals surface area contributed by atoms with Crippen LogP contribution in [0.25, 0.3) is 5.57 Å². The number of alkyl halides is 5. The van der Waals surface area contributed by atoms with Gasteiger partial charge in [0, 0.05) is 11.6 Å². The van der Waals surface area contributed by atoms with Gasteiger partial charge in [-0.3, -0.25) is 0 Å². The van der Waals surface area contributed by atoms with Crippen LogP contribution in [-0.4, -0.2) is 36.3 Å². The van der Waals surface area contributed by atoms with Gasteiger partial charge in [0.2, 0.25) is 5.88 Å². The molecule has 0 radical (unpaired) electrons. The predicted octanol–water partition coefficient (Wildman–Crippen LogP) is 6.30. The Kier molecular flexibility index (Phi) is 13.6. The van der Waals surface area contributed by atoms with Gasteiger partial charge in [0.05, 0.1) is 20.5 Å². The van der Waals surface area contributed by atoms with Crippen molar-refractivity contribution in [2.75, 3.05) is 14.2 Å². The molecule has 0 saturated carbocycles. The predicted molar refractivity (Wildman–Crippen MR) is 120 cm³/mol. The van der Waals surface area contributed by atoms with E-state index in [0.29, 0.717) is 21.9 Å². The van der Waals surface area contributed by atoms with Crippen molar-refractivity contribution in [2.45, 2.75) is 12.1 Å². The normalized spacial score (nSPS) is 11.3. The molecule has 0 amide bonds. The Bertz CT molecular complexity index is 917. The Labute approximate surface area is 210 Å². The molecule has 0 saturated heterocycles. The summed E-state index contributed by atoms with van der Waals surface area (Å²) in [4.78, 5) is 18.4. The fraction of sp³-hybridized carbons (Fsp3) is 0.222. The zero-order chi connectivity index (χ0) is 23.7. The minimum atomic E-state index is -5.84. The third-order valence-electron chi connectivity index (χ3n) is 3.35. The summed E-state index contributed by atoms with van der Waals surface area (Å²) in [5.74, 6) is -6.62. The molecular formula is C18H16F5I2N2O4V-. The summed E-state index contributed by atoms with van der Waals surface area (Å²) in [7, 11) is 3.04. The van der Waals surface area contributed by atoms with Gasteiger partial charge in [-0.15, -0.1) is 0 Å². The van der Waals surface area contributed by atoms with E-state index in [0.717, 1.165) is 13.4 Å². The summed E-state index contributed by atoms with van der Waals surface area (Å²) in [6.07, 6.45) is -4.26. The average Bonchev–Trinajstić information content (AvgIpc) is 2.72. The van der Waals surface area contributed by atoms with E-state index in [1.165, 1.54) is 31.4 Å². The number of hydrogen-bond donors (Lipinski definition) is 0. The topological polar surface area (TPSA) is 70.5 Å². The molecule has 2 aromatic rings. The number of halogens is 7. The quantitative estimate of drug-likeness (QED) is 0.0871. The SMILES string of the molecule is CO/C=C(/C(=O)OC)c1ccccc1Oc1cc(C(F)(F)C(F)(F)F)ncn1.[CH3-].[I][V][I]. The second-order valence-corrected chi connectivity index (χ2v) is 17.0. The van der Waals surface area contributed by atoms with Gasteiger partial charge in [-0.25, -0.2) is 14.8 Å². The van der Waals surface area contributed by atoms with Crippen molar-refractivity contribution in [3.05, 3.63) is 61.6 Å². The minimum absolute atomic E-state index is 0. The van der Waals surface area contributed by atoms with E-state index in [1.54, 1.807) is 0 Å². The maximum atomic E-state index is 13.5. The van der Waals surface area contributed by atoms with Gasteiger partial charge in [0.15, 0.2) is 0 Å². The third kappa shape index (κ3) is 8.30. The van der Waals surface area contributed by atoms with Gasteiger partial charge in [0.1, 0.15) is 23.3 Å². The summed E-state index contributed by atoms with van der Waals surface area (Å²) >= 11 is 4.74. The van der Waals surface area contributed by atoms with Crippen LogP contribution in [0.5, 0.6) is 11.6 Å². The van der Waals surface area contributed by atoms with Crippen molar-refractivity contribution in [1.29, 1.82) is 0 Å². The molecule has 0 aliphatic rings. The Morgan fingerprint density at radius 3 is 2.22 bits per heavy atom. The van der Waals surface area contributed by atoms with E-state index in [2.05, 4.69) is 54.7 Å². The molecule has 1 aromatic heterocycles. The number of aromatic nitrogens is 2. The standard InChI is InChI=1S/C17H13F5N2O4.CH3.2HI.V/c1-26-8-11(15(25)27-2)10-5-3-4-6-12(10)28-14-7-13(23-9-24-14)16(18,19)17(20,21)22;;;;/h3-9H,1-2H3;1H3;2*1H;/q;-1;;;+2/p-2/b11-8+;;;;. The van der Waals surface area contributed by atoms with E-state index in [9.17, 15) is 26.7 Å². The van der Waals surface area contributed by atoms with Gasteiger partial charge in [-0.05, 0) is 6.07 Å². The molecule has 0 bridgehead atoms. The first-order valence-electron chi connectivity index (χ1n) is 7.81. The monoisotopic (exact) mass is 724 g/mol. The van der Waals surface area contributed by atoms with Crippen LogP contribution >= 0.6 is 40.0 Å². The Morgan fingerprint density at radius 1 is 1.09 bits per heavy atom. The van der Waals surface area contributed by atoms with Gasteiger partial charge < -0.3 is 21.6 Å². The number of hydrogen-bond acceptors (Lipinski definition) is 6. The molecule has 0 N–H and O–H groups in total. The molecule has 0 aliphatic heterocycles. The Morgan fingerprint density at radius 2 is 1.69 bits per heavy atom. The summed E-state index contributed by atoms with van der Waals surface area (Å²) in [5.41, 5.74) is -1.52. The fourth-order valence-corrected chi connectivity index (χ4v) is 2.05. The average molecular weight is 724 g/mol. The molecule has 0 aliphatic carbocycles. The molecule has 14 heteroatoms. The molecule has 0 fully saturated rings. The van der Waals surface area contributed by atoms with E-state index in [4.69, 9.17) is 9.47 Å². The van der Waals surface area contributed by atoms with Crippen LogP contribution in [0, 0.1) is 7.43 Å². The van der Waals surface area contributed by atoms with Crippen LogP contribution in [0.3, 0.4) is 0 Å². The van der Waals surface area contributed by atoms with Crippen molar-refractivity contribution < 1.29 is 50.4 Å². The second kappa shape index (κ2) is 14.1. The summed E-state index contributed by atoms with van der Waals surface area (Å²) < 4.78 is 79.4. The molecule has 177 valence electrons. The van der Waals surface area contributed by atoms with Crippen LogP contribution in [0.1, 0.15) is 11.3 Å². The number of benzene rings is 1. The number of carbonyl (C=O) groups excluding carboxylic acids is 1. The van der Waals surface area contributed by atoms with E-state index < -0.39 is 29.6 Å². The van der Waals surface area contributed by atoms with Gasteiger partial charge >= 0.3 is 67.5 Å². The summed E-state index contributed by atoms with van der Waals surface area (Å²) in [6, 6.07) is 6.18. The van der Waals surface area contributed by atoms with Crippen LogP contribution in [0.4, 0.5) is 22.0 Å². The number of nitrogens with zero attached hydrogens (tertiary/aromatic N) is 2. The molecule has 2 rings (SSSR count). The van der Waals surface area contributed by atoms with Crippen molar-refractivity contribution in [3.8, 4) is 11.6 Å². The van der Waals surface area contributed by atoms with Gasteiger partial charge in [0.25, 0.3) is 0 Å². The molecule has 0 atom stereocenters. The molecule has 0 unspecified atom stereocenters. The number of methoxy groups -OCH3 is 2. The molecular weight excluding hydrogens is 708 g/mol. The van der Waals surface area contributed by atoms with E-state index >= 15 is 0 Å². The fourth-order valence-electron chi connectivity index (χ4n) is 2.05. The van der Waals surface area contributed by atoms with Crippen LogP contribution < -0.4 is 4.74 Å². The summed E-state index contributed by atoms with van der Waals surface area (Å²) in [6.45, 7) is 0. The zero-order valence-electron chi connectivity index (χ0n) is 16.7. The molecule has 32 heavy (non-hydrogen) atoms. The zero-order valence-corrected chi connectivity index (χ0v) is 22.4. The summed E-state index contributed by atoms with van der Waals surface area (Å²) in [5, 5.41) is 0. The Balaban J connectivity index is 0.00000227.